The van der Waals surface area contributed by atoms with E-state index in [1.54, 1.807) is 0 Å². The van der Waals surface area contributed by atoms with Gasteiger partial charge in [-0.1, -0.05) is 37.3 Å². The summed E-state index contributed by atoms with van der Waals surface area (Å²) in [5.41, 5.74) is 3.09. The molecule has 0 saturated heterocycles. The highest BCUT2D eigenvalue weighted by molar-refractivity contribution is 6.00. The molecule has 0 fully saturated rings. The molecule has 15 heavy (non-hydrogen) atoms. The molecule has 0 aliphatic carbocycles. The molecule has 0 saturated carbocycles. The average Bonchev–Trinajstić information content (AvgIpc) is 2.28. The van der Waals surface area contributed by atoms with E-state index in [-0.39, 0.29) is 5.78 Å². The van der Waals surface area contributed by atoms with Crippen molar-refractivity contribution in [3.05, 3.63) is 41.5 Å². The van der Waals surface area contributed by atoms with Gasteiger partial charge in [-0.2, -0.15) is 0 Å². The standard InChI is InChI=1S/C14H18O/c1-4-8-14(15)13-10-7-6-9-12(13)11(3)5-2/h5-7,9-10H,4,8H2,1-3H3/b11-5-. The maximum absolute atomic E-state index is 11.9. The molecule has 0 bridgehead atoms. The summed E-state index contributed by atoms with van der Waals surface area (Å²) >= 11 is 0. The first-order chi connectivity index (χ1) is 7.20. The number of Topliss-reactive ketones (excluding diaryl/α,β-unsaturated/α-hetero) is 1. The van der Waals surface area contributed by atoms with Crippen LogP contribution in [0.2, 0.25) is 0 Å². The van der Waals surface area contributed by atoms with Crippen LogP contribution in [-0.4, -0.2) is 5.78 Å². The van der Waals surface area contributed by atoms with Crippen LogP contribution in [0.3, 0.4) is 0 Å². The third kappa shape index (κ3) is 2.79. The second-order valence-electron chi connectivity index (χ2n) is 3.69. The predicted molar refractivity (Wildman–Crippen MR) is 65.0 cm³/mol. The Hall–Kier alpha value is -1.37. The highest BCUT2D eigenvalue weighted by atomic mass is 16.1. The summed E-state index contributed by atoms with van der Waals surface area (Å²) in [6.07, 6.45) is 3.58. The third-order valence-electron chi connectivity index (χ3n) is 2.56. The Kier molecular flexibility index (Phi) is 4.29. The summed E-state index contributed by atoms with van der Waals surface area (Å²) in [4.78, 5) is 11.9. The number of allylic oxidation sites excluding steroid dienone is 2. The summed E-state index contributed by atoms with van der Waals surface area (Å²) in [6.45, 7) is 6.07. The lowest BCUT2D eigenvalue weighted by molar-refractivity contribution is 0.0981. The van der Waals surface area contributed by atoms with E-state index < -0.39 is 0 Å². The molecule has 0 aromatic heterocycles. The molecule has 1 aromatic rings. The Labute approximate surface area is 91.8 Å². The van der Waals surface area contributed by atoms with E-state index >= 15 is 0 Å². The molecular weight excluding hydrogens is 184 g/mol. The quantitative estimate of drug-likeness (QED) is 0.672. The lowest BCUT2D eigenvalue weighted by atomic mass is 9.96. The fourth-order valence-corrected chi connectivity index (χ4v) is 1.59. The van der Waals surface area contributed by atoms with Crippen LogP contribution in [-0.2, 0) is 0 Å². The van der Waals surface area contributed by atoms with Crippen molar-refractivity contribution in [3.8, 4) is 0 Å². The van der Waals surface area contributed by atoms with Gasteiger partial charge in [0.05, 0.1) is 0 Å². The van der Waals surface area contributed by atoms with Crippen molar-refractivity contribution in [3.63, 3.8) is 0 Å². The van der Waals surface area contributed by atoms with E-state index in [0.29, 0.717) is 6.42 Å². The number of hydrogen-bond acceptors (Lipinski definition) is 1. The van der Waals surface area contributed by atoms with Crippen LogP contribution in [0.1, 0.15) is 49.5 Å². The minimum absolute atomic E-state index is 0.245. The van der Waals surface area contributed by atoms with Crippen molar-refractivity contribution in [2.75, 3.05) is 0 Å². The van der Waals surface area contributed by atoms with E-state index in [4.69, 9.17) is 0 Å². The minimum atomic E-state index is 0.245. The maximum atomic E-state index is 11.9. The fraction of sp³-hybridized carbons (Fsp3) is 0.357. The largest absolute Gasteiger partial charge is 0.294 e. The van der Waals surface area contributed by atoms with Crippen LogP contribution < -0.4 is 0 Å². The molecular formula is C14H18O. The second kappa shape index (κ2) is 5.50. The molecule has 0 aliphatic rings. The first-order valence-electron chi connectivity index (χ1n) is 5.46. The molecule has 1 nitrogen and oxygen atoms in total. The maximum Gasteiger partial charge on any atom is 0.163 e. The Morgan fingerprint density at radius 3 is 2.40 bits per heavy atom. The van der Waals surface area contributed by atoms with Crippen molar-refractivity contribution in [2.24, 2.45) is 0 Å². The van der Waals surface area contributed by atoms with Gasteiger partial charge in [0.25, 0.3) is 0 Å². The van der Waals surface area contributed by atoms with Gasteiger partial charge in [0.1, 0.15) is 0 Å². The molecule has 0 heterocycles. The monoisotopic (exact) mass is 202 g/mol. The molecule has 0 aliphatic heterocycles. The first-order valence-corrected chi connectivity index (χ1v) is 5.46. The Bertz CT molecular complexity index is 375. The molecule has 1 rings (SSSR count). The van der Waals surface area contributed by atoms with Gasteiger partial charge in [0.15, 0.2) is 5.78 Å². The van der Waals surface area contributed by atoms with Crippen molar-refractivity contribution in [2.45, 2.75) is 33.6 Å². The van der Waals surface area contributed by atoms with Crippen LogP contribution in [0.15, 0.2) is 30.3 Å². The lowest BCUT2D eigenvalue weighted by Gasteiger charge is -2.08. The summed E-state index contributed by atoms with van der Waals surface area (Å²) in [5.74, 6) is 0.245. The highest BCUT2D eigenvalue weighted by Gasteiger charge is 2.10. The van der Waals surface area contributed by atoms with Crippen molar-refractivity contribution in [1.82, 2.24) is 0 Å². The molecule has 0 atom stereocenters. The fourth-order valence-electron chi connectivity index (χ4n) is 1.59. The normalized spacial score (nSPS) is 11.5. The van der Waals surface area contributed by atoms with Crippen LogP contribution >= 0.6 is 0 Å². The Balaban J connectivity index is 3.12. The van der Waals surface area contributed by atoms with Crippen molar-refractivity contribution < 1.29 is 4.79 Å². The zero-order chi connectivity index (χ0) is 11.3. The van der Waals surface area contributed by atoms with Gasteiger partial charge in [-0.15, -0.1) is 0 Å². The van der Waals surface area contributed by atoms with Crippen molar-refractivity contribution in [1.29, 1.82) is 0 Å². The van der Waals surface area contributed by atoms with Gasteiger partial charge in [-0.05, 0) is 31.4 Å². The molecule has 1 heteroatoms. The number of hydrogen-bond donors (Lipinski definition) is 0. The van der Waals surface area contributed by atoms with E-state index in [2.05, 4.69) is 0 Å². The van der Waals surface area contributed by atoms with Crippen LogP contribution in [0.5, 0.6) is 0 Å². The van der Waals surface area contributed by atoms with Gasteiger partial charge < -0.3 is 0 Å². The lowest BCUT2D eigenvalue weighted by Crippen LogP contribution is -2.02. The zero-order valence-electron chi connectivity index (χ0n) is 9.71. The van der Waals surface area contributed by atoms with E-state index in [0.717, 1.165) is 23.1 Å². The van der Waals surface area contributed by atoms with Gasteiger partial charge in [-0.3, -0.25) is 4.79 Å². The first kappa shape index (κ1) is 11.7. The third-order valence-corrected chi connectivity index (χ3v) is 2.56. The van der Waals surface area contributed by atoms with Crippen LogP contribution in [0.25, 0.3) is 5.57 Å². The topological polar surface area (TPSA) is 17.1 Å². The molecule has 1 aromatic carbocycles. The van der Waals surface area contributed by atoms with Gasteiger partial charge in [0.2, 0.25) is 0 Å². The summed E-state index contributed by atoms with van der Waals surface area (Å²) in [7, 11) is 0. The summed E-state index contributed by atoms with van der Waals surface area (Å²) in [6, 6.07) is 7.83. The van der Waals surface area contributed by atoms with E-state index in [1.807, 2.05) is 51.1 Å². The molecule has 80 valence electrons. The average molecular weight is 202 g/mol. The van der Waals surface area contributed by atoms with Crippen molar-refractivity contribution >= 4 is 11.4 Å². The van der Waals surface area contributed by atoms with Crippen LogP contribution in [0, 0.1) is 0 Å². The molecule has 0 radical (unpaired) electrons. The Morgan fingerprint density at radius 1 is 1.27 bits per heavy atom. The zero-order valence-corrected chi connectivity index (χ0v) is 9.71. The molecule has 0 amide bonds. The van der Waals surface area contributed by atoms with E-state index in [1.165, 1.54) is 0 Å². The second-order valence-corrected chi connectivity index (χ2v) is 3.69. The van der Waals surface area contributed by atoms with E-state index in [9.17, 15) is 4.79 Å². The molecule has 0 N–H and O–H groups in total. The molecule has 0 spiro atoms. The highest BCUT2D eigenvalue weighted by Crippen LogP contribution is 2.20. The minimum Gasteiger partial charge on any atom is -0.294 e. The summed E-state index contributed by atoms with van der Waals surface area (Å²) < 4.78 is 0. The number of carbonyl (C=O) groups is 1. The van der Waals surface area contributed by atoms with Crippen LogP contribution in [0.4, 0.5) is 0 Å². The van der Waals surface area contributed by atoms with Gasteiger partial charge in [-0.25, -0.2) is 0 Å². The predicted octanol–water partition coefficient (Wildman–Crippen LogP) is 4.09. The Morgan fingerprint density at radius 2 is 1.87 bits per heavy atom. The van der Waals surface area contributed by atoms with Gasteiger partial charge in [0, 0.05) is 12.0 Å². The number of carbonyl (C=O) groups excluding carboxylic acids is 1. The number of rotatable bonds is 4. The SMILES string of the molecule is C/C=C(/C)c1ccccc1C(=O)CCC. The number of ketones is 1. The molecule has 0 unspecified atom stereocenters. The van der Waals surface area contributed by atoms with Gasteiger partial charge >= 0.3 is 0 Å². The smallest absolute Gasteiger partial charge is 0.163 e. The summed E-state index contributed by atoms with van der Waals surface area (Å²) in [5, 5.41) is 0. The number of benzene rings is 1.